The van der Waals surface area contributed by atoms with Crippen LogP contribution >= 0.6 is 0 Å². The van der Waals surface area contributed by atoms with Crippen molar-refractivity contribution >= 4 is 5.91 Å². The van der Waals surface area contributed by atoms with Crippen molar-refractivity contribution in [3.63, 3.8) is 0 Å². The van der Waals surface area contributed by atoms with Crippen LogP contribution in [0.2, 0.25) is 0 Å². The molecule has 27 heavy (non-hydrogen) atoms. The predicted octanol–water partition coefficient (Wildman–Crippen LogP) is 1.88. The molecule has 0 spiro atoms. The number of rotatable bonds is 3. The Hall–Kier alpha value is -2.72. The Kier molecular flexibility index (Phi) is 5.16. The number of carbonyl (C=O) groups excluding carboxylic acids is 1. The first-order chi connectivity index (χ1) is 13.2. The van der Waals surface area contributed by atoms with E-state index >= 15 is 0 Å². The monoisotopic (exact) mass is 361 g/mol. The Balaban J connectivity index is 1.33. The van der Waals surface area contributed by atoms with Crippen molar-refractivity contribution in [1.29, 1.82) is 5.26 Å². The van der Waals surface area contributed by atoms with Gasteiger partial charge in [-0.15, -0.1) is 0 Å². The van der Waals surface area contributed by atoms with Gasteiger partial charge in [-0.3, -0.25) is 9.69 Å². The highest BCUT2D eigenvalue weighted by Gasteiger charge is 2.32. The highest BCUT2D eigenvalue weighted by Crippen LogP contribution is 2.24. The van der Waals surface area contributed by atoms with Crippen molar-refractivity contribution in [2.45, 2.75) is 18.6 Å². The van der Waals surface area contributed by atoms with Gasteiger partial charge in [-0.05, 0) is 30.2 Å². The van der Waals surface area contributed by atoms with E-state index in [-0.39, 0.29) is 12.1 Å². The number of nitrogens with zero attached hydrogens (tertiary/aromatic N) is 3. The van der Waals surface area contributed by atoms with Gasteiger partial charge in [0.15, 0.2) is 0 Å². The molecular formula is C21H23N5O. The van der Waals surface area contributed by atoms with E-state index in [0.29, 0.717) is 30.3 Å². The van der Waals surface area contributed by atoms with Gasteiger partial charge >= 0.3 is 0 Å². The summed E-state index contributed by atoms with van der Waals surface area (Å²) in [4.78, 5) is 17.0. The SMILES string of the molecule is N#Cc1cccc(C(=O)N2CCN(C3CC(c4ccccc4)NN3)CC2)c1. The van der Waals surface area contributed by atoms with Gasteiger partial charge in [-0.2, -0.15) is 5.26 Å². The minimum absolute atomic E-state index is 0.00594. The molecule has 0 radical (unpaired) electrons. The first-order valence-electron chi connectivity index (χ1n) is 9.34. The van der Waals surface area contributed by atoms with Crippen molar-refractivity contribution in [2.75, 3.05) is 26.2 Å². The van der Waals surface area contributed by atoms with Gasteiger partial charge in [-0.1, -0.05) is 36.4 Å². The van der Waals surface area contributed by atoms with Gasteiger partial charge in [0, 0.05) is 37.8 Å². The molecule has 2 aromatic rings. The zero-order valence-electron chi connectivity index (χ0n) is 15.1. The highest BCUT2D eigenvalue weighted by atomic mass is 16.2. The zero-order chi connectivity index (χ0) is 18.6. The van der Waals surface area contributed by atoms with Crippen molar-refractivity contribution < 1.29 is 4.79 Å². The van der Waals surface area contributed by atoms with Crippen LogP contribution in [0.25, 0.3) is 0 Å². The Morgan fingerprint density at radius 3 is 2.52 bits per heavy atom. The second-order valence-corrected chi connectivity index (χ2v) is 7.02. The molecule has 0 aromatic heterocycles. The molecule has 2 aromatic carbocycles. The fourth-order valence-corrected chi connectivity index (χ4v) is 3.82. The normalized spacial score (nSPS) is 23.1. The van der Waals surface area contributed by atoms with Crippen LogP contribution in [0.5, 0.6) is 0 Å². The van der Waals surface area contributed by atoms with E-state index in [0.717, 1.165) is 19.5 Å². The molecule has 138 valence electrons. The lowest BCUT2D eigenvalue weighted by atomic mass is 10.0. The van der Waals surface area contributed by atoms with Gasteiger partial charge in [0.25, 0.3) is 5.91 Å². The minimum atomic E-state index is 0.00594. The quantitative estimate of drug-likeness (QED) is 0.873. The number of hydrogen-bond donors (Lipinski definition) is 2. The van der Waals surface area contributed by atoms with Crippen molar-refractivity contribution in [1.82, 2.24) is 20.7 Å². The molecule has 6 heteroatoms. The van der Waals surface area contributed by atoms with Crippen LogP contribution in [0.3, 0.4) is 0 Å². The number of hydrogen-bond acceptors (Lipinski definition) is 5. The van der Waals surface area contributed by atoms with Gasteiger partial charge in [0.05, 0.1) is 17.8 Å². The maximum absolute atomic E-state index is 12.7. The van der Waals surface area contributed by atoms with E-state index < -0.39 is 0 Å². The molecule has 6 nitrogen and oxygen atoms in total. The number of nitriles is 1. The summed E-state index contributed by atoms with van der Waals surface area (Å²) in [5.41, 5.74) is 9.19. The Bertz CT molecular complexity index is 839. The number of benzene rings is 2. The number of piperazine rings is 1. The molecule has 2 heterocycles. The molecule has 2 unspecified atom stereocenters. The lowest BCUT2D eigenvalue weighted by Gasteiger charge is -2.37. The molecule has 0 aliphatic carbocycles. The fourth-order valence-electron chi connectivity index (χ4n) is 3.82. The summed E-state index contributed by atoms with van der Waals surface area (Å²) in [5.74, 6) is 0.00594. The van der Waals surface area contributed by atoms with Crippen molar-refractivity contribution in [3.8, 4) is 6.07 Å². The van der Waals surface area contributed by atoms with Gasteiger partial charge < -0.3 is 4.90 Å². The number of nitrogens with one attached hydrogen (secondary N) is 2. The third-order valence-corrected chi connectivity index (χ3v) is 5.37. The van der Waals surface area contributed by atoms with Crippen LogP contribution in [0.15, 0.2) is 54.6 Å². The second kappa shape index (κ2) is 7.89. The van der Waals surface area contributed by atoms with Crippen LogP contribution in [0, 0.1) is 11.3 Å². The van der Waals surface area contributed by atoms with E-state index in [2.05, 4.69) is 46.1 Å². The standard InChI is InChI=1S/C21H23N5O/c22-15-16-5-4-8-18(13-16)21(27)26-11-9-25(10-12-26)20-14-19(23-24-20)17-6-2-1-3-7-17/h1-8,13,19-20,23-24H,9-12,14H2. The molecule has 2 aliphatic rings. The largest absolute Gasteiger partial charge is 0.336 e. The van der Waals surface area contributed by atoms with Gasteiger partial charge in [0.1, 0.15) is 0 Å². The smallest absolute Gasteiger partial charge is 0.253 e. The maximum atomic E-state index is 12.7. The van der Waals surface area contributed by atoms with E-state index in [1.54, 1.807) is 24.3 Å². The Labute approximate surface area is 159 Å². The number of amides is 1. The van der Waals surface area contributed by atoms with Crippen LogP contribution in [-0.4, -0.2) is 48.1 Å². The molecule has 4 rings (SSSR count). The average molecular weight is 361 g/mol. The average Bonchev–Trinajstić information content (AvgIpc) is 3.24. The molecule has 1 amide bonds. The third-order valence-electron chi connectivity index (χ3n) is 5.37. The Morgan fingerprint density at radius 2 is 1.78 bits per heavy atom. The van der Waals surface area contributed by atoms with Crippen LogP contribution in [0.4, 0.5) is 0 Å². The molecule has 2 aliphatic heterocycles. The molecule has 0 bridgehead atoms. The Morgan fingerprint density at radius 1 is 1.00 bits per heavy atom. The minimum Gasteiger partial charge on any atom is -0.336 e. The first kappa shape index (κ1) is 17.7. The molecule has 2 N–H and O–H groups in total. The predicted molar refractivity (Wildman–Crippen MR) is 102 cm³/mol. The van der Waals surface area contributed by atoms with Gasteiger partial charge in [-0.25, -0.2) is 10.9 Å². The lowest BCUT2D eigenvalue weighted by Crippen LogP contribution is -2.55. The summed E-state index contributed by atoms with van der Waals surface area (Å²) >= 11 is 0. The molecule has 2 saturated heterocycles. The van der Waals surface area contributed by atoms with E-state index in [4.69, 9.17) is 5.26 Å². The number of hydrazine groups is 1. The third kappa shape index (κ3) is 3.86. The van der Waals surface area contributed by atoms with Crippen molar-refractivity contribution in [3.05, 3.63) is 71.3 Å². The molecule has 0 saturated carbocycles. The lowest BCUT2D eigenvalue weighted by molar-refractivity contribution is 0.0545. The van der Waals surface area contributed by atoms with Crippen LogP contribution < -0.4 is 10.9 Å². The summed E-state index contributed by atoms with van der Waals surface area (Å²) in [6, 6.07) is 19.8. The fraction of sp³-hybridized carbons (Fsp3) is 0.333. The maximum Gasteiger partial charge on any atom is 0.253 e. The summed E-state index contributed by atoms with van der Waals surface area (Å²) in [5, 5.41) is 9.02. The van der Waals surface area contributed by atoms with Crippen molar-refractivity contribution in [2.24, 2.45) is 0 Å². The van der Waals surface area contributed by atoms with Crippen LogP contribution in [0.1, 0.15) is 33.9 Å². The first-order valence-corrected chi connectivity index (χ1v) is 9.34. The van der Waals surface area contributed by atoms with E-state index in [1.165, 1.54) is 5.56 Å². The highest BCUT2D eigenvalue weighted by molar-refractivity contribution is 5.94. The molecule has 2 atom stereocenters. The summed E-state index contributed by atoms with van der Waals surface area (Å²) < 4.78 is 0. The summed E-state index contributed by atoms with van der Waals surface area (Å²) in [6.45, 7) is 3.07. The zero-order valence-corrected chi connectivity index (χ0v) is 15.1. The second-order valence-electron chi connectivity index (χ2n) is 7.02. The van der Waals surface area contributed by atoms with Crippen LogP contribution in [-0.2, 0) is 0 Å². The molecule has 2 fully saturated rings. The molecular weight excluding hydrogens is 338 g/mol. The topological polar surface area (TPSA) is 71.4 Å². The van der Waals surface area contributed by atoms with E-state index in [9.17, 15) is 4.79 Å². The van der Waals surface area contributed by atoms with E-state index in [1.807, 2.05) is 11.0 Å². The number of carbonyl (C=O) groups is 1. The van der Waals surface area contributed by atoms with Gasteiger partial charge in [0.2, 0.25) is 0 Å². The summed E-state index contributed by atoms with van der Waals surface area (Å²) in [6.07, 6.45) is 1.27. The summed E-state index contributed by atoms with van der Waals surface area (Å²) in [7, 11) is 0.